The summed E-state index contributed by atoms with van der Waals surface area (Å²) in [7, 11) is 1.63. The summed E-state index contributed by atoms with van der Waals surface area (Å²) in [5.74, 6) is 0.459. The Morgan fingerprint density at radius 1 is 1.47 bits per heavy atom. The molecule has 0 amide bonds. The zero-order chi connectivity index (χ0) is 13.7. The molecule has 2 aromatic rings. The maximum atomic E-state index is 13.7. The Kier molecular flexibility index (Phi) is 4.90. The highest BCUT2D eigenvalue weighted by Gasteiger charge is 2.11. The number of benzene rings is 1. The zero-order valence-electron chi connectivity index (χ0n) is 10.5. The summed E-state index contributed by atoms with van der Waals surface area (Å²) < 4.78 is 24.1. The molecule has 0 atom stereocenters. The number of aromatic nitrogens is 1. The molecule has 0 unspecified atom stereocenters. The van der Waals surface area contributed by atoms with Crippen LogP contribution in [0.2, 0.25) is 5.02 Å². The topological polar surface area (TPSA) is 47.3 Å². The Bertz CT molecular complexity index is 545. The average molecular weight is 285 g/mol. The molecular formula is C13H14ClFN2O2. The molecule has 0 saturated carbocycles. The van der Waals surface area contributed by atoms with Crippen molar-refractivity contribution in [1.82, 2.24) is 10.3 Å². The van der Waals surface area contributed by atoms with E-state index in [1.807, 2.05) is 0 Å². The van der Waals surface area contributed by atoms with Crippen LogP contribution in [0, 0.1) is 5.82 Å². The molecular weight excluding hydrogens is 271 g/mol. The second-order valence-corrected chi connectivity index (χ2v) is 4.35. The number of ether oxygens (including phenoxy) is 1. The van der Waals surface area contributed by atoms with E-state index in [2.05, 4.69) is 10.3 Å². The van der Waals surface area contributed by atoms with Crippen molar-refractivity contribution in [3.05, 3.63) is 41.1 Å². The van der Waals surface area contributed by atoms with Crippen molar-refractivity contribution in [1.29, 1.82) is 0 Å². The van der Waals surface area contributed by atoms with Gasteiger partial charge in [-0.05, 0) is 18.2 Å². The van der Waals surface area contributed by atoms with Crippen molar-refractivity contribution >= 4 is 11.6 Å². The third-order valence-electron chi connectivity index (χ3n) is 2.51. The van der Waals surface area contributed by atoms with Gasteiger partial charge in [-0.15, -0.1) is 0 Å². The van der Waals surface area contributed by atoms with Crippen molar-refractivity contribution < 1.29 is 13.5 Å². The van der Waals surface area contributed by atoms with Gasteiger partial charge in [-0.1, -0.05) is 11.6 Å². The third-order valence-corrected chi connectivity index (χ3v) is 2.74. The summed E-state index contributed by atoms with van der Waals surface area (Å²) in [6, 6.07) is 4.43. The van der Waals surface area contributed by atoms with Gasteiger partial charge in [0.1, 0.15) is 5.82 Å². The van der Waals surface area contributed by atoms with Crippen LogP contribution in [0.15, 0.2) is 28.8 Å². The van der Waals surface area contributed by atoms with Crippen molar-refractivity contribution in [2.45, 2.75) is 6.54 Å². The maximum absolute atomic E-state index is 13.7. The monoisotopic (exact) mass is 284 g/mol. The van der Waals surface area contributed by atoms with E-state index in [1.165, 1.54) is 12.3 Å². The predicted molar refractivity (Wildman–Crippen MR) is 70.5 cm³/mol. The summed E-state index contributed by atoms with van der Waals surface area (Å²) in [6.07, 6.45) is 1.50. The first kappa shape index (κ1) is 14.0. The van der Waals surface area contributed by atoms with Gasteiger partial charge in [0.05, 0.1) is 24.9 Å². The number of hydrogen-bond acceptors (Lipinski definition) is 4. The van der Waals surface area contributed by atoms with Crippen LogP contribution in [0.4, 0.5) is 4.39 Å². The Hall–Kier alpha value is -1.43. The van der Waals surface area contributed by atoms with Crippen molar-refractivity contribution in [3.63, 3.8) is 0 Å². The summed E-state index contributed by atoms with van der Waals surface area (Å²) in [6.45, 7) is 1.78. The first-order valence-electron chi connectivity index (χ1n) is 5.80. The van der Waals surface area contributed by atoms with E-state index in [-0.39, 0.29) is 0 Å². The van der Waals surface area contributed by atoms with Gasteiger partial charge >= 0.3 is 0 Å². The lowest BCUT2D eigenvalue weighted by molar-refractivity contribution is 0.198. The minimum atomic E-state index is -0.428. The number of methoxy groups -OCH3 is 1. The van der Waals surface area contributed by atoms with Crippen LogP contribution < -0.4 is 5.32 Å². The van der Waals surface area contributed by atoms with Gasteiger partial charge in [-0.25, -0.2) is 9.37 Å². The average Bonchev–Trinajstić information content (AvgIpc) is 2.83. The van der Waals surface area contributed by atoms with Gasteiger partial charge in [0.2, 0.25) is 5.89 Å². The van der Waals surface area contributed by atoms with Crippen molar-refractivity contribution in [3.8, 4) is 11.3 Å². The molecule has 0 saturated heterocycles. The SMILES string of the molecule is COCCNCc1ncc(-c2ccc(Cl)cc2F)o1. The molecule has 0 spiro atoms. The van der Waals surface area contributed by atoms with E-state index in [0.717, 1.165) is 0 Å². The molecule has 102 valence electrons. The summed E-state index contributed by atoms with van der Waals surface area (Å²) in [5.41, 5.74) is 0.347. The highest BCUT2D eigenvalue weighted by molar-refractivity contribution is 6.30. The van der Waals surface area contributed by atoms with Crippen LogP contribution in [-0.4, -0.2) is 25.2 Å². The van der Waals surface area contributed by atoms with Gasteiger partial charge in [-0.3, -0.25) is 0 Å². The molecule has 6 heteroatoms. The van der Waals surface area contributed by atoms with E-state index in [9.17, 15) is 4.39 Å². The number of nitrogens with one attached hydrogen (secondary N) is 1. The van der Waals surface area contributed by atoms with Gasteiger partial charge in [-0.2, -0.15) is 0 Å². The second-order valence-electron chi connectivity index (χ2n) is 3.91. The van der Waals surface area contributed by atoms with Gasteiger partial charge in [0.25, 0.3) is 0 Å². The molecule has 19 heavy (non-hydrogen) atoms. The van der Waals surface area contributed by atoms with E-state index in [1.54, 1.807) is 19.2 Å². The maximum Gasteiger partial charge on any atom is 0.208 e. The van der Waals surface area contributed by atoms with Gasteiger partial charge in [0.15, 0.2) is 5.76 Å². The standard InChI is InChI=1S/C13H14ClFN2O2/c1-18-5-4-16-8-13-17-7-12(19-13)10-3-2-9(14)6-11(10)15/h2-3,6-7,16H,4-5,8H2,1H3. The number of nitrogens with zero attached hydrogens (tertiary/aromatic N) is 1. The van der Waals surface area contributed by atoms with E-state index < -0.39 is 5.82 Å². The fraction of sp³-hybridized carbons (Fsp3) is 0.308. The van der Waals surface area contributed by atoms with Crippen LogP contribution in [-0.2, 0) is 11.3 Å². The predicted octanol–water partition coefficient (Wildman–Crippen LogP) is 2.87. The molecule has 0 radical (unpaired) electrons. The molecule has 1 N–H and O–H groups in total. The Morgan fingerprint density at radius 3 is 3.05 bits per heavy atom. The highest BCUT2D eigenvalue weighted by atomic mass is 35.5. The number of rotatable bonds is 6. The van der Waals surface area contributed by atoms with E-state index >= 15 is 0 Å². The minimum Gasteiger partial charge on any atom is -0.439 e. The third kappa shape index (κ3) is 3.76. The summed E-state index contributed by atoms with van der Waals surface area (Å²) in [5, 5.41) is 3.44. The quantitative estimate of drug-likeness (QED) is 0.829. The first-order valence-corrected chi connectivity index (χ1v) is 6.18. The number of halogens is 2. The molecule has 2 rings (SSSR count). The van der Waals surface area contributed by atoms with E-state index in [4.69, 9.17) is 20.8 Å². The molecule has 1 heterocycles. The molecule has 0 aliphatic heterocycles. The summed E-state index contributed by atoms with van der Waals surface area (Å²) in [4.78, 5) is 4.08. The van der Waals surface area contributed by atoms with Crippen molar-refractivity contribution in [2.75, 3.05) is 20.3 Å². The van der Waals surface area contributed by atoms with E-state index in [0.29, 0.717) is 41.9 Å². The zero-order valence-corrected chi connectivity index (χ0v) is 11.2. The van der Waals surface area contributed by atoms with Gasteiger partial charge in [0, 0.05) is 18.7 Å². The Morgan fingerprint density at radius 2 is 2.32 bits per heavy atom. The van der Waals surface area contributed by atoms with Crippen LogP contribution in [0.25, 0.3) is 11.3 Å². The normalized spacial score (nSPS) is 10.9. The highest BCUT2D eigenvalue weighted by Crippen LogP contribution is 2.25. The summed E-state index contributed by atoms with van der Waals surface area (Å²) >= 11 is 5.70. The second kappa shape index (κ2) is 6.65. The molecule has 0 fully saturated rings. The first-order chi connectivity index (χ1) is 9.20. The molecule has 0 bridgehead atoms. The molecule has 0 aliphatic carbocycles. The smallest absolute Gasteiger partial charge is 0.208 e. The van der Waals surface area contributed by atoms with Crippen LogP contribution in [0.1, 0.15) is 5.89 Å². The lowest BCUT2D eigenvalue weighted by atomic mass is 10.2. The largest absolute Gasteiger partial charge is 0.439 e. The van der Waals surface area contributed by atoms with Crippen LogP contribution >= 0.6 is 11.6 Å². The van der Waals surface area contributed by atoms with Gasteiger partial charge < -0.3 is 14.5 Å². The lowest BCUT2D eigenvalue weighted by Gasteiger charge is -2.01. The van der Waals surface area contributed by atoms with Crippen LogP contribution in [0.3, 0.4) is 0 Å². The minimum absolute atomic E-state index is 0.347. The Labute approximate surface area is 115 Å². The lowest BCUT2D eigenvalue weighted by Crippen LogP contribution is -2.18. The number of hydrogen-bond donors (Lipinski definition) is 1. The van der Waals surface area contributed by atoms with Crippen LogP contribution in [0.5, 0.6) is 0 Å². The fourth-order valence-electron chi connectivity index (χ4n) is 1.58. The number of oxazole rings is 1. The molecule has 0 aliphatic rings. The fourth-order valence-corrected chi connectivity index (χ4v) is 1.73. The molecule has 1 aromatic heterocycles. The Balaban J connectivity index is 2.04. The molecule has 1 aromatic carbocycles. The molecule has 4 nitrogen and oxygen atoms in total. The van der Waals surface area contributed by atoms with Crippen molar-refractivity contribution in [2.24, 2.45) is 0 Å².